The van der Waals surface area contributed by atoms with E-state index in [4.69, 9.17) is 0 Å². The Morgan fingerprint density at radius 2 is 1.82 bits per heavy atom. The lowest BCUT2D eigenvalue weighted by atomic mass is 9.84. The van der Waals surface area contributed by atoms with Crippen LogP contribution in [0.5, 0.6) is 0 Å². The van der Waals surface area contributed by atoms with Crippen molar-refractivity contribution in [3.8, 4) is 0 Å². The van der Waals surface area contributed by atoms with Crippen LogP contribution in [0.3, 0.4) is 0 Å². The lowest BCUT2D eigenvalue weighted by Crippen LogP contribution is -2.43. The second kappa shape index (κ2) is 2.78. The maximum atomic E-state index is 3.66. The van der Waals surface area contributed by atoms with E-state index in [2.05, 4.69) is 33.0 Å². The van der Waals surface area contributed by atoms with Crippen molar-refractivity contribution in [1.82, 2.24) is 5.32 Å². The van der Waals surface area contributed by atoms with E-state index in [1.54, 1.807) is 0 Å². The molecule has 0 unspecified atom stereocenters. The third kappa shape index (κ3) is 1.76. The van der Waals surface area contributed by atoms with Crippen molar-refractivity contribution in [3.05, 3.63) is 0 Å². The molecule has 0 radical (unpaired) electrons. The molecule has 0 atom stereocenters. The highest BCUT2D eigenvalue weighted by Gasteiger charge is 2.50. The van der Waals surface area contributed by atoms with Crippen molar-refractivity contribution >= 4 is 0 Å². The summed E-state index contributed by atoms with van der Waals surface area (Å²) >= 11 is 0. The Kier molecular flexibility index (Phi) is 2.29. The van der Waals surface area contributed by atoms with E-state index in [0.29, 0.717) is 11.0 Å². The van der Waals surface area contributed by atoms with E-state index in [1.165, 1.54) is 25.8 Å². The van der Waals surface area contributed by atoms with Crippen LogP contribution in [0.25, 0.3) is 0 Å². The minimum Gasteiger partial charge on any atom is -0.311 e. The summed E-state index contributed by atoms with van der Waals surface area (Å²) in [6.07, 6.45) is 3.99. The molecule has 0 aromatic heterocycles. The summed E-state index contributed by atoms with van der Waals surface area (Å²) in [5.74, 6) is 0. The normalized spacial score (nSPS) is 21.8. The van der Waals surface area contributed by atoms with Crippen LogP contribution in [0.1, 0.15) is 47.0 Å². The molecule has 11 heavy (non-hydrogen) atoms. The summed E-state index contributed by atoms with van der Waals surface area (Å²) < 4.78 is 0. The van der Waals surface area contributed by atoms with Crippen molar-refractivity contribution in [2.24, 2.45) is 5.41 Å². The first-order valence-electron chi connectivity index (χ1n) is 4.77. The van der Waals surface area contributed by atoms with E-state index in [9.17, 15) is 0 Å². The summed E-state index contributed by atoms with van der Waals surface area (Å²) in [6.45, 7) is 10.4. The third-order valence-corrected chi connectivity index (χ3v) is 2.90. The van der Waals surface area contributed by atoms with Crippen LogP contribution in [0, 0.1) is 5.41 Å². The molecule has 0 amide bonds. The first-order chi connectivity index (χ1) is 5.02. The number of rotatable bonds is 3. The van der Waals surface area contributed by atoms with Crippen LogP contribution in [-0.2, 0) is 0 Å². The van der Waals surface area contributed by atoms with Gasteiger partial charge in [-0.15, -0.1) is 0 Å². The molecule has 0 aromatic carbocycles. The molecular formula is C10H21N. The zero-order valence-electron chi connectivity index (χ0n) is 8.33. The van der Waals surface area contributed by atoms with Gasteiger partial charge in [-0.1, -0.05) is 27.7 Å². The van der Waals surface area contributed by atoms with Crippen LogP contribution >= 0.6 is 0 Å². The average molecular weight is 155 g/mol. The van der Waals surface area contributed by atoms with Crippen LogP contribution in [0.15, 0.2) is 0 Å². The Morgan fingerprint density at radius 1 is 1.27 bits per heavy atom. The molecule has 1 saturated carbocycles. The van der Waals surface area contributed by atoms with Gasteiger partial charge in [0.1, 0.15) is 0 Å². The first-order valence-corrected chi connectivity index (χ1v) is 4.77. The van der Waals surface area contributed by atoms with Gasteiger partial charge in [0, 0.05) is 5.54 Å². The SMILES string of the molecule is CCCNC1(C(C)(C)C)CC1. The molecule has 0 heterocycles. The molecule has 0 aromatic rings. The van der Waals surface area contributed by atoms with Gasteiger partial charge in [-0.05, 0) is 31.2 Å². The monoisotopic (exact) mass is 155 g/mol. The van der Waals surface area contributed by atoms with E-state index in [-0.39, 0.29) is 0 Å². The molecule has 0 spiro atoms. The average Bonchev–Trinajstić information content (AvgIpc) is 2.61. The summed E-state index contributed by atoms with van der Waals surface area (Å²) in [6, 6.07) is 0. The van der Waals surface area contributed by atoms with Crippen LogP contribution < -0.4 is 5.32 Å². The van der Waals surface area contributed by atoms with Gasteiger partial charge in [0.05, 0.1) is 0 Å². The summed E-state index contributed by atoms with van der Waals surface area (Å²) in [4.78, 5) is 0. The lowest BCUT2D eigenvalue weighted by Gasteiger charge is -2.31. The zero-order valence-corrected chi connectivity index (χ0v) is 8.33. The van der Waals surface area contributed by atoms with E-state index < -0.39 is 0 Å². The molecule has 1 rings (SSSR count). The largest absolute Gasteiger partial charge is 0.311 e. The fourth-order valence-corrected chi connectivity index (χ4v) is 1.68. The van der Waals surface area contributed by atoms with Crippen molar-refractivity contribution in [3.63, 3.8) is 0 Å². The van der Waals surface area contributed by atoms with Gasteiger partial charge in [-0.2, -0.15) is 0 Å². The van der Waals surface area contributed by atoms with E-state index in [1.807, 2.05) is 0 Å². The quantitative estimate of drug-likeness (QED) is 0.660. The fraction of sp³-hybridized carbons (Fsp3) is 1.00. The Morgan fingerprint density at radius 3 is 2.09 bits per heavy atom. The second-order valence-corrected chi connectivity index (χ2v) is 4.76. The summed E-state index contributed by atoms with van der Waals surface area (Å²) in [5, 5.41) is 3.66. The molecule has 1 N–H and O–H groups in total. The lowest BCUT2D eigenvalue weighted by molar-refractivity contribution is 0.247. The maximum absolute atomic E-state index is 3.66. The Hall–Kier alpha value is -0.0400. The predicted octanol–water partition coefficient (Wildman–Crippen LogP) is 2.56. The van der Waals surface area contributed by atoms with Gasteiger partial charge in [-0.25, -0.2) is 0 Å². The molecule has 0 bridgehead atoms. The molecule has 1 heteroatoms. The molecule has 1 aliphatic rings. The minimum absolute atomic E-state index is 0.447. The Labute approximate surface area is 70.6 Å². The van der Waals surface area contributed by atoms with Gasteiger partial charge in [-0.3, -0.25) is 0 Å². The molecule has 1 nitrogen and oxygen atoms in total. The topological polar surface area (TPSA) is 12.0 Å². The van der Waals surface area contributed by atoms with Crippen LogP contribution in [-0.4, -0.2) is 12.1 Å². The standard InChI is InChI=1S/C10H21N/c1-5-8-11-10(6-7-10)9(2,3)4/h11H,5-8H2,1-4H3. The molecule has 1 fully saturated rings. The highest BCUT2D eigenvalue weighted by Crippen LogP contribution is 2.49. The van der Waals surface area contributed by atoms with Crippen molar-refractivity contribution in [2.45, 2.75) is 52.5 Å². The van der Waals surface area contributed by atoms with Crippen molar-refractivity contribution in [1.29, 1.82) is 0 Å². The maximum Gasteiger partial charge on any atom is 0.0231 e. The fourth-order valence-electron chi connectivity index (χ4n) is 1.68. The minimum atomic E-state index is 0.447. The van der Waals surface area contributed by atoms with E-state index >= 15 is 0 Å². The summed E-state index contributed by atoms with van der Waals surface area (Å²) in [5.41, 5.74) is 0.936. The summed E-state index contributed by atoms with van der Waals surface area (Å²) in [7, 11) is 0. The van der Waals surface area contributed by atoms with Gasteiger partial charge >= 0.3 is 0 Å². The zero-order chi connectivity index (χ0) is 8.54. The van der Waals surface area contributed by atoms with Crippen molar-refractivity contribution in [2.75, 3.05) is 6.54 Å². The number of hydrogen-bond donors (Lipinski definition) is 1. The van der Waals surface area contributed by atoms with Crippen molar-refractivity contribution < 1.29 is 0 Å². The first kappa shape index (κ1) is 9.05. The van der Waals surface area contributed by atoms with Gasteiger partial charge in [0.15, 0.2) is 0 Å². The number of nitrogens with one attached hydrogen (secondary N) is 1. The van der Waals surface area contributed by atoms with Crippen LogP contribution in [0.4, 0.5) is 0 Å². The van der Waals surface area contributed by atoms with Gasteiger partial charge in [0.2, 0.25) is 0 Å². The third-order valence-electron chi connectivity index (χ3n) is 2.90. The second-order valence-electron chi connectivity index (χ2n) is 4.76. The molecular weight excluding hydrogens is 134 g/mol. The number of hydrogen-bond acceptors (Lipinski definition) is 1. The van der Waals surface area contributed by atoms with Crippen LogP contribution in [0.2, 0.25) is 0 Å². The van der Waals surface area contributed by atoms with E-state index in [0.717, 1.165) is 0 Å². The molecule has 66 valence electrons. The molecule has 1 aliphatic carbocycles. The Balaban J connectivity index is 2.41. The highest BCUT2D eigenvalue weighted by molar-refractivity contribution is 5.09. The molecule has 0 aliphatic heterocycles. The smallest absolute Gasteiger partial charge is 0.0231 e. The molecule has 0 saturated heterocycles. The predicted molar refractivity (Wildman–Crippen MR) is 49.7 cm³/mol. The van der Waals surface area contributed by atoms with Gasteiger partial charge < -0.3 is 5.32 Å². The Bertz CT molecular complexity index is 128. The van der Waals surface area contributed by atoms with Gasteiger partial charge in [0.25, 0.3) is 0 Å². The highest BCUT2D eigenvalue weighted by atomic mass is 15.0.